The molecule has 2 aromatic heterocycles. The molecular weight excluding hydrogens is 659 g/mol. The summed E-state index contributed by atoms with van der Waals surface area (Å²) >= 11 is 0. The molecule has 266 valence electrons. The lowest BCUT2D eigenvalue weighted by atomic mass is 9.79. The molecule has 0 unspecified atom stereocenters. The average molecular weight is 704 g/mol. The Balaban J connectivity index is 1.40. The van der Waals surface area contributed by atoms with Crippen molar-refractivity contribution in [2.24, 2.45) is 0 Å². The average Bonchev–Trinajstić information content (AvgIpc) is 3.57. The summed E-state index contributed by atoms with van der Waals surface area (Å²) in [6.07, 6.45) is 1.89. The largest absolute Gasteiger partial charge is 0.507 e. The Bertz CT molecular complexity index is 2610. The van der Waals surface area contributed by atoms with Gasteiger partial charge >= 0.3 is 0 Å². The van der Waals surface area contributed by atoms with E-state index in [0.29, 0.717) is 5.82 Å². The highest BCUT2D eigenvalue weighted by atomic mass is 16.3. The Kier molecular flexibility index (Phi) is 8.78. The topological polar surface area (TPSA) is 50.9 Å². The van der Waals surface area contributed by atoms with Gasteiger partial charge in [0.2, 0.25) is 0 Å². The number of rotatable bonds is 6. The van der Waals surface area contributed by atoms with Gasteiger partial charge in [0.25, 0.3) is 0 Å². The van der Waals surface area contributed by atoms with Crippen LogP contribution in [0.5, 0.6) is 5.75 Å². The first kappa shape index (κ1) is 34.8. The van der Waals surface area contributed by atoms with Crippen molar-refractivity contribution in [2.75, 3.05) is 0 Å². The molecule has 6 aromatic carbocycles. The number of phenols is 1. The lowest BCUT2D eigenvalue weighted by molar-refractivity contribution is 0.446. The summed E-state index contributed by atoms with van der Waals surface area (Å²) < 4.78 is 2.19. The highest BCUT2D eigenvalue weighted by Gasteiger charge is 2.28. The van der Waals surface area contributed by atoms with Gasteiger partial charge in [-0.15, -0.1) is 0 Å². The van der Waals surface area contributed by atoms with Gasteiger partial charge in [-0.25, -0.2) is 4.98 Å². The van der Waals surface area contributed by atoms with E-state index in [-0.39, 0.29) is 16.6 Å². The van der Waals surface area contributed by atoms with Crippen molar-refractivity contribution in [3.63, 3.8) is 0 Å². The van der Waals surface area contributed by atoms with Crippen molar-refractivity contribution in [2.45, 2.75) is 52.4 Å². The summed E-state index contributed by atoms with van der Waals surface area (Å²) in [5.41, 5.74) is 13.6. The first-order valence-corrected chi connectivity index (χ1v) is 18.6. The standard InChI is InChI=1S/C50H45N3O/c1-49(2,3)39-31-42(47(54)43(32-39)50(4,5)6)48-52-46-41(23-16-24-45(46)53(48)40-21-14-9-15-22-40)37-27-36(34-19-12-8-13-20-34)28-38(29-37)44-30-35(25-26-51-44)33-17-10-7-11-18-33/h7-32,54H,1-6H3. The fourth-order valence-corrected chi connectivity index (χ4v) is 7.29. The lowest BCUT2D eigenvalue weighted by Gasteiger charge is -2.27. The third kappa shape index (κ3) is 6.60. The monoisotopic (exact) mass is 703 g/mol. The molecule has 0 saturated carbocycles. The molecule has 0 bridgehead atoms. The van der Waals surface area contributed by atoms with Gasteiger partial charge in [-0.2, -0.15) is 0 Å². The summed E-state index contributed by atoms with van der Waals surface area (Å²) in [5, 5.41) is 12.1. The smallest absolute Gasteiger partial charge is 0.149 e. The van der Waals surface area contributed by atoms with Crippen LogP contribution in [0.3, 0.4) is 0 Å². The number of fused-ring (bicyclic) bond motifs is 1. The first-order valence-electron chi connectivity index (χ1n) is 18.6. The minimum atomic E-state index is -0.283. The second-order valence-electron chi connectivity index (χ2n) is 16.2. The number of para-hydroxylation sites is 2. The zero-order valence-electron chi connectivity index (χ0n) is 31.8. The van der Waals surface area contributed by atoms with Gasteiger partial charge in [-0.1, -0.05) is 139 Å². The van der Waals surface area contributed by atoms with Crippen LogP contribution in [0.25, 0.3) is 72.7 Å². The van der Waals surface area contributed by atoms with Crippen LogP contribution in [0.1, 0.15) is 52.7 Å². The van der Waals surface area contributed by atoms with E-state index < -0.39 is 0 Å². The third-order valence-electron chi connectivity index (χ3n) is 10.2. The van der Waals surface area contributed by atoms with Gasteiger partial charge in [-0.3, -0.25) is 9.55 Å². The number of imidazole rings is 1. The van der Waals surface area contributed by atoms with E-state index in [1.165, 1.54) is 0 Å². The highest BCUT2D eigenvalue weighted by molar-refractivity contribution is 5.97. The number of pyridine rings is 1. The Morgan fingerprint density at radius 3 is 1.76 bits per heavy atom. The fourth-order valence-electron chi connectivity index (χ4n) is 7.29. The normalized spacial score (nSPS) is 12.0. The maximum atomic E-state index is 12.1. The molecule has 1 N–H and O–H groups in total. The molecule has 54 heavy (non-hydrogen) atoms. The van der Waals surface area contributed by atoms with Crippen molar-refractivity contribution in [1.82, 2.24) is 14.5 Å². The quantitative estimate of drug-likeness (QED) is 0.188. The molecule has 4 nitrogen and oxygen atoms in total. The minimum Gasteiger partial charge on any atom is -0.507 e. The Morgan fingerprint density at radius 1 is 0.500 bits per heavy atom. The molecule has 0 radical (unpaired) electrons. The predicted octanol–water partition coefficient (Wildman–Crippen LogP) is 13.1. The molecule has 0 aliphatic heterocycles. The fraction of sp³-hybridized carbons (Fsp3) is 0.160. The molecule has 0 saturated heterocycles. The molecule has 0 aliphatic rings. The molecule has 8 rings (SSSR count). The van der Waals surface area contributed by atoms with Crippen molar-refractivity contribution >= 4 is 11.0 Å². The molecule has 0 amide bonds. The number of nitrogens with zero attached hydrogens (tertiary/aromatic N) is 3. The van der Waals surface area contributed by atoms with Crippen LogP contribution in [-0.2, 0) is 10.8 Å². The Labute approximate surface area is 318 Å². The zero-order valence-corrected chi connectivity index (χ0v) is 31.8. The van der Waals surface area contributed by atoms with Gasteiger partial charge in [0.15, 0.2) is 0 Å². The molecule has 8 aromatic rings. The van der Waals surface area contributed by atoms with Crippen molar-refractivity contribution in [3.05, 3.63) is 169 Å². The number of aromatic nitrogens is 3. The minimum absolute atomic E-state index is 0.142. The third-order valence-corrected chi connectivity index (χ3v) is 10.2. The van der Waals surface area contributed by atoms with Crippen LogP contribution >= 0.6 is 0 Å². The van der Waals surface area contributed by atoms with Crippen LogP contribution in [0, 0.1) is 0 Å². The molecular formula is C50H45N3O. The molecule has 0 spiro atoms. The summed E-state index contributed by atoms with van der Waals surface area (Å²) in [6.45, 7) is 13.1. The predicted molar refractivity (Wildman–Crippen MR) is 225 cm³/mol. The van der Waals surface area contributed by atoms with Crippen LogP contribution in [0.4, 0.5) is 0 Å². The number of phenolic OH excluding ortho intramolecular Hbond substituents is 1. The van der Waals surface area contributed by atoms with Gasteiger partial charge in [0.1, 0.15) is 11.6 Å². The van der Waals surface area contributed by atoms with Gasteiger partial charge in [0.05, 0.1) is 22.3 Å². The zero-order chi connectivity index (χ0) is 37.6. The number of hydrogen-bond donors (Lipinski definition) is 1. The molecule has 0 atom stereocenters. The molecule has 0 aliphatic carbocycles. The van der Waals surface area contributed by atoms with Crippen LogP contribution in [0.2, 0.25) is 0 Å². The number of hydrogen-bond acceptors (Lipinski definition) is 3. The van der Waals surface area contributed by atoms with E-state index in [0.717, 1.165) is 78.0 Å². The van der Waals surface area contributed by atoms with E-state index in [2.05, 4.69) is 167 Å². The summed E-state index contributed by atoms with van der Waals surface area (Å²) in [7, 11) is 0. The van der Waals surface area contributed by atoms with Crippen LogP contribution in [-0.4, -0.2) is 19.6 Å². The van der Waals surface area contributed by atoms with E-state index in [1.807, 2.05) is 36.5 Å². The number of aromatic hydroxyl groups is 1. The maximum Gasteiger partial charge on any atom is 0.149 e. The molecule has 0 fully saturated rings. The van der Waals surface area contributed by atoms with E-state index in [9.17, 15) is 5.11 Å². The lowest BCUT2D eigenvalue weighted by Crippen LogP contribution is -2.17. The Hall–Kier alpha value is -6.26. The highest BCUT2D eigenvalue weighted by Crippen LogP contribution is 2.44. The second-order valence-corrected chi connectivity index (χ2v) is 16.2. The second kappa shape index (κ2) is 13.6. The van der Waals surface area contributed by atoms with Crippen molar-refractivity contribution in [1.29, 1.82) is 0 Å². The van der Waals surface area contributed by atoms with Crippen molar-refractivity contribution in [3.8, 4) is 67.5 Å². The van der Waals surface area contributed by atoms with Crippen LogP contribution in [0.15, 0.2) is 158 Å². The van der Waals surface area contributed by atoms with Crippen molar-refractivity contribution < 1.29 is 5.11 Å². The maximum absolute atomic E-state index is 12.1. The summed E-state index contributed by atoms with van der Waals surface area (Å²) in [4.78, 5) is 10.4. The van der Waals surface area contributed by atoms with Gasteiger partial charge in [-0.05, 0) is 98.8 Å². The Morgan fingerprint density at radius 2 is 1.11 bits per heavy atom. The summed E-state index contributed by atoms with van der Waals surface area (Å²) in [5.74, 6) is 0.969. The van der Waals surface area contributed by atoms with Gasteiger partial charge in [0, 0.05) is 28.6 Å². The van der Waals surface area contributed by atoms with Gasteiger partial charge < -0.3 is 5.11 Å². The van der Waals surface area contributed by atoms with E-state index in [4.69, 9.17) is 9.97 Å². The molecule has 4 heteroatoms. The first-order chi connectivity index (χ1) is 26.0. The van der Waals surface area contributed by atoms with E-state index in [1.54, 1.807) is 0 Å². The number of benzene rings is 6. The van der Waals surface area contributed by atoms with E-state index >= 15 is 0 Å². The summed E-state index contributed by atoms with van der Waals surface area (Å²) in [6, 6.07) is 52.9. The van der Waals surface area contributed by atoms with Crippen LogP contribution < -0.4 is 0 Å². The SMILES string of the molecule is CC(C)(C)c1cc(-c2nc3c(-c4cc(-c5ccccc5)cc(-c5cc(-c6ccccc6)ccn5)c4)cccc3n2-c2ccccc2)c(O)c(C(C)(C)C)c1. The molecule has 2 heterocycles.